The fourth-order valence-corrected chi connectivity index (χ4v) is 4.86. The van der Waals surface area contributed by atoms with Gasteiger partial charge in [-0.25, -0.2) is 0 Å². The molecule has 0 aromatic heterocycles. The molecule has 2 atom stereocenters. The van der Waals surface area contributed by atoms with Crippen molar-refractivity contribution in [2.24, 2.45) is 11.8 Å². The normalized spacial score (nSPS) is 12.0. The molecule has 0 N–H and O–H groups in total. The van der Waals surface area contributed by atoms with Crippen molar-refractivity contribution < 1.29 is 9.47 Å². The molecule has 0 spiro atoms. The lowest BCUT2D eigenvalue weighted by molar-refractivity contribution is 0.233. The van der Waals surface area contributed by atoms with E-state index in [1.54, 1.807) is 0 Å². The van der Waals surface area contributed by atoms with E-state index in [4.69, 9.17) is 9.47 Å². The van der Waals surface area contributed by atoms with E-state index in [-0.39, 0.29) is 0 Å². The van der Waals surface area contributed by atoms with Crippen LogP contribution in [0, 0.1) is 49.4 Å². The Hall–Kier alpha value is -3.62. The van der Waals surface area contributed by atoms with E-state index < -0.39 is 0 Å². The van der Waals surface area contributed by atoms with Gasteiger partial charge in [-0.15, -0.1) is 0 Å². The van der Waals surface area contributed by atoms with E-state index in [1.165, 1.54) is 38.5 Å². The Labute approximate surface area is 256 Å². The van der Waals surface area contributed by atoms with Crippen molar-refractivity contribution in [2.75, 3.05) is 13.2 Å². The summed E-state index contributed by atoms with van der Waals surface area (Å²) in [6.07, 6.45) is 9.81. The summed E-state index contributed by atoms with van der Waals surface area (Å²) in [5, 5.41) is 0. The Balaban J connectivity index is 1.59. The number of ether oxygens (including phenoxy) is 2. The van der Waals surface area contributed by atoms with Crippen molar-refractivity contribution >= 4 is 0 Å². The number of rotatable bonds is 14. The molecule has 0 saturated heterocycles. The summed E-state index contributed by atoms with van der Waals surface area (Å²) in [4.78, 5) is 0. The highest BCUT2D eigenvalue weighted by Crippen LogP contribution is 2.20. The van der Waals surface area contributed by atoms with Crippen molar-refractivity contribution in [3.8, 4) is 35.2 Å². The van der Waals surface area contributed by atoms with Gasteiger partial charge in [-0.05, 0) is 110 Å². The van der Waals surface area contributed by atoms with Gasteiger partial charge in [-0.3, -0.25) is 0 Å². The van der Waals surface area contributed by atoms with E-state index >= 15 is 0 Å². The lowest BCUT2D eigenvalue weighted by Crippen LogP contribution is -2.11. The monoisotopic (exact) mass is 562 g/mol. The highest BCUT2D eigenvalue weighted by atomic mass is 16.5. The first-order valence-corrected chi connectivity index (χ1v) is 16.1. The van der Waals surface area contributed by atoms with Crippen molar-refractivity contribution in [3.05, 3.63) is 94.0 Å². The number of benzene rings is 3. The molecule has 3 aromatic rings. The van der Waals surface area contributed by atoms with Crippen LogP contribution < -0.4 is 9.47 Å². The molecule has 222 valence electrons. The molecule has 2 heteroatoms. The van der Waals surface area contributed by atoms with Gasteiger partial charge in [0, 0.05) is 22.3 Å². The first-order valence-electron chi connectivity index (χ1n) is 16.1. The average molecular weight is 563 g/mol. The molecule has 0 aliphatic heterocycles. The molecule has 0 aliphatic rings. The third-order valence-electron chi connectivity index (χ3n) is 8.02. The second-order valence-electron chi connectivity index (χ2n) is 11.5. The van der Waals surface area contributed by atoms with E-state index in [0.29, 0.717) is 11.8 Å². The van der Waals surface area contributed by atoms with Crippen LogP contribution in [0.25, 0.3) is 0 Å². The molecule has 3 rings (SSSR count). The summed E-state index contributed by atoms with van der Waals surface area (Å²) in [5.41, 5.74) is 6.30. The standard InChI is InChI=1S/C40H50O2/c1-7-11-13-33(9-3)29-41-39-23-17-35(18-24-39)15-21-37-27-32(6)38(28-31(37)5)22-16-36-19-25-40(26-20-36)42-30-34(10-4)14-12-8-2/h17-20,23-28,33-34H,7-14,29-30H2,1-6H3. The second-order valence-corrected chi connectivity index (χ2v) is 11.5. The van der Waals surface area contributed by atoms with Crippen molar-refractivity contribution in [1.29, 1.82) is 0 Å². The van der Waals surface area contributed by atoms with Crippen molar-refractivity contribution in [2.45, 2.75) is 92.9 Å². The molecule has 0 fully saturated rings. The highest BCUT2D eigenvalue weighted by molar-refractivity contribution is 5.55. The maximum atomic E-state index is 6.05. The maximum absolute atomic E-state index is 6.05. The molecule has 0 bridgehead atoms. The maximum Gasteiger partial charge on any atom is 0.119 e. The lowest BCUT2D eigenvalue weighted by Gasteiger charge is -2.15. The minimum atomic E-state index is 0.627. The summed E-state index contributed by atoms with van der Waals surface area (Å²) in [5.74, 6) is 16.5. The SMILES string of the molecule is CCCCC(CC)COc1ccc(C#Cc2cc(C)c(C#Cc3ccc(OCC(CC)CCCC)cc3)cc2C)cc1. The molecule has 42 heavy (non-hydrogen) atoms. The Bertz CT molecular complexity index is 1240. The molecule has 0 amide bonds. The van der Waals surface area contributed by atoms with Gasteiger partial charge in [0.2, 0.25) is 0 Å². The largest absolute Gasteiger partial charge is 0.493 e. The topological polar surface area (TPSA) is 18.5 Å². The van der Waals surface area contributed by atoms with Gasteiger partial charge < -0.3 is 9.47 Å². The van der Waals surface area contributed by atoms with Gasteiger partial charge in [0.05, 0.1) is 13.2 Å². The second kappa shape index (κ2) is 18.0. The van der Waals surface area contributed by atoms with Gasteiger partial charge in [0.15, 0.2) is 0 Å². The molecule has 2 nitrogen and oxygen atoms in total. The highest BCUT2D eigenvalue weighted by Gasteiger charge is 2.08. The molecule has 3 aromatic carbocycles. The Morgan fingerprint density at radius 1 is 0.548 bits per heavy atom. The third kappa shape index (κ3) is 11.0. The van der Waals surface area contributed by atoms with Gasteiger partial charge in [-0.2, -0.15) is 0 Å². The van der Waals surface area contributed by atoms with Crippen LogP contribution in [0.5, 0.6) is 11.5 Å². The lowest BCUT2D eigenvalue weighted by atomic mass is 10.00. The summed E-state index contributed by atoms with van der Waals surface area (Å²) in [6, 6.07) is 20.6. The van der Waals surface area contributed by atoms with Gasteiger partial charge >= 0.3 is 0 Å². The van der Waals surface area contributed by atoms with E-state index in [1.807, 2.05) is 48.5 Å². The minimum Gasteiger partial charge on any atom is -0.493 e. The van der Waals surface area contributed by atoms with Gasteiger partial charge in [0.25, 0.3) is 0 Å². The van der Waals surface area contributed by atoms with Crippen LogP contribution in [0.15, 0.2) is 60.7 Å². The average Bonchev–Trinajstić information content (AvgIpc) is 3.02. The molecule has 0 heterocycles. The Morgan fingerprint density at radius 2 is 0.929 bits per heavy atom. The zero-order chi connectivity index (χ0) is 30.2. The number of unbranched alkanes of at least 4 members (excludes halogenated alkanes) is 2. The van der Waals surface area contributed by atoms with Crippen LogP contribution >= 0.6 is 0 Å². The fraction of sp³-hybridized carbons (Fsp3) is 0.450. The van der Waals surface area contributed by atoms with Crippen molar-refractivity contribution in [1.82, 2.24) is 0 Å². The van der Waals surface area contributed by atoms with E-state index in [9.17, 15) is 0 Å². The van der Waals surface area contributed by atoms with E-state index in [2.05, 4.69) is 77.4 Å². The number of hydrogen-bond donors (Lipinski definition) is 0. The quantitative estimate of drug-likeness (QED) is 0.182. The molecule has 0 radical (unpaired) electrons. The predicted octanol–water partition coefficient (Wildman–Crippen LogP) is 10.3. The van der Waals surface area contributed by atoms with Gasteiger partial charge in [-0.1, -0.05) is 89.9 Å². The summed E-state index contributed by atoms with van der Waals surface area (Å²) >= 11 is 0. The molecule has 0 saturated carbocycles. The molecule has 2 unspecified atom stereocenters. The predicted molar refractivity (Wildman–Crippen MR) is 178 cm³/mol. The first kappa shape index (κ1) is 32.9. The summed E-state index contributed by atoms with van der Waals surface area (Å²) < 4.78 is 12.1. The number of aryl methyl sites for hydroxylation is 2. The molecule has 0 aliphatic carbocycles. The summed E-state index contributed by atoms with van der Waals surface area (Å²) in [6.45, 7) is 14.8. The third-order valence-corrected chi connectivity index (χ3v) is 8.02. The van der Waals surface area contributed by atoms with Crippen LogP contribution in [-0.4, -0.2) is 13.2 Å². The van der Waals surface area contributed by atoms with Crippen molar-refractivity contribution in [3.63, 3.8) is 0 Å². The van der Waals surface area contributed by atoms with Crippen LogP contribution in [-0.2, 0) is 0 Å². The molecular formula is C40H50O2. The zero-order valence-corrected chi connectivity index (χ0v) is 26.8. The van der Waals surface area contributed by atoms with E-state index in [0.717, 1.165) is 70.9 Å². The summed E-state index contributed by atoms with van der Waals surface area (Å²) in [7, 11) is 0. The smallest absolute Gasteiger partial charge is 0.119 e. The van der Waals surface area contributed by atoms with Gasteiger partial charge in [0.1, 0.15) is 11.5 Å². The minimum absolute atomic E-state index is 0.627. The Kier molecular flexibility index (Phi) is 14.1. The number of hydrogen-bond acceptors (Lipinski definition) is 2. The van der Waals surface area contributed by atoms with Crippen LogP contribution in [0.4, 0.5) is 0 Å². The van der Waals surface area contributed by atoms with Crippen LogP contribution in [0.3, 0.4) is 0 Å². The Morgan fingerprint density at radius 3 is 1.26 bits per heavy atom. The molecular weight excluding hydrogens is 512 g/mol. The van der Waals surface area contributed by atoms with Crippen LogP contribution in [0.1, 0.15) is 112 Å². The fourth-order valence-electron chi connectivity index (χ4n) is 4.86. The van der Waals surface area contributed by atoms with Crippen LogP contribution in [0.2, 0.25) is 0 Å². The first-order chi connectivity index (χ1) is 20.4. The zero-order valence-electron chi connectivity index (χ0n) is 26.8.